The number of nitrogens with zero attached hydrogens (tertiary/aromatic N) is 1. The molecular weight excluding hydrogens is 254 g/mol. The first kappa shape index (κ1) is 12.7. The van der Waals surface area contributed by atoms with Gasteiger partial charge in [-0.15, -0.1) is 0 Å². The summed E-state index contributed by atoms with van der Waals surface area (Å²) in [4.78, 5) is 24.9. The number of piperazine rings is 1. The van der Waals surface area contributed by atoms with Gasteiger partial charge in [-0.2, -0.15) is 0 Å². The number of nitrogens with one attached hydrogen (secondary N) is 1. The summed E-state index contributed by atoms with van der Waals surface area (Å²) in [6.07, 6.45) is 0.588. The second-order valence-corrected chi connectivity index (χ2v) is 4.60. The summed E-state index contributed by atoms with van der Waals surface area (Å²) in [7, 11) is 0. The lowest BCUT2D eigenvalue weighted by atomic mass is 10.1. The van der Waals surface area contributed by atoms with Crippen LogP contribution in [0.1, 0.15) is 13.3 Å². The molecule has 3 N–H and O–H groups in total. The molecule has 1 saturated heterocycles. The van der Waals surface area contributed by atoms with Crippen LogP contribution < -0.4 is 16.0 Å². The minimum absolute atomic E-state index is 0.106. The molecule has 6 heteroatoms. The minimum atomic E-state index is -0.400. The molecule has 1 unspecified atom stereocenters. The highest BCUT2D eigenvalue weighted by Crippen LogP contribution is 2.30. The van der Waals surface area contributed by atoms with Crippen molar-refractivity contribution in [3.8, 4) is 0 Å². The number of rotatable bonds is 2. The molecule has 1 fully saturated rings. The second-order valence-electron chi connectivity index (χ2n) is 4.17. The zero-order valence-electron chi connectivity index (χ0n) is 9.94. The zero-order chi connectivity index (χ0) is 13.3. The van der Waals surface area contributed by atoms with Crippen LogP contribution in [0, 0.1) is 0 Å². The van der Waals surface area contributed by atoms with Crippen molar-refractivity contribution < 1.29 is 9.59 Å². The van der Waals surface area contributed by atoms with Crippen LogP contribution in [0.4, 0.5) is 11.4 Å². The maximum absolute atomic E-state index is 11.8. The molecule has 0 spiro atoms. The molecule has 18 heavy (non-hydrogen) atoms. The molecule has 1 aliphatic rings. The van der Waals surface area contributed by atoms with Crippen molar-refractivity contribution in [3.63, 3.8) is 0 Å². The summed E-state index contributed by atoms with van der Waals surface area (Å²) in [5.41, 5.74) is 7.01. The van der Waals surface area contributed by atoms with Gasteiger partial charge < -0.3 is 10.6 Å². The summed E-state index contributed by atoms with van der Waals surface area (Å²) < 4.78 is 0. The van der Waals surface area contributed by atoms with Crippen molar-refractivity contribution in [2.24, 2.45) is 0 Å². The molecule has 1 atom stereocenters. The summed E-state index contributed by atoms with van der Waals surface area (Å²) in [6.45, 7) is 1.99. The molecular formula is C12H14ClN3O2. The van der Waals surface area contributed by atoms with E-state index in [1.165, 1.54) is 0 Å². The van der Waals surface area contributed by atoms with Crippen LogP contribution in [0.5, 0.6) is 0 Å². The molecule has 1 aromatic rings. The largest absolute Gasteiger partial charge is 0.397 e. The monoisotopic (exact) mass is 267 g/mol. The van der Waals surface area contributed by atoms with Crippen molar-refractivity contribution in [3.05, 3.63) is 23.2 Å². The maximum Gasteiger partial charge on any atom is 0.249 e. The van der Waals surface area contributed by atoms with Crippen LogP contribution >= 0.6 is 11.6 Å². The van der Waals surface area contributed by atoms with E-state index in [0.29, 0.717) is 22.8 Å². The van der Waals surface area contributed by atoms with E-state index in [0.717, 1.165) is 0 Å². The van der Waals surface area contributed by atoms with E-state index in [2.05, 4.69) is 5.32 Å². The maximum atomic E-state index is 11.8. The highest BCUT2D eigenvalue weighted by atomic mass is 35.5. The Hall–Kier alpha value is -1.75. The van der Waals surface area contributed by atoms with E-state index in [4.69, 9.17) is 17.3 Å². The fourth-order valence-electron chi connectivity index (χ4n) is 2.09. The molecule has 0 saturated carbocycles. The number of nitrogens with two attached hydrogens (primary N) is 1. The first-order valence-corrected chi connectivity index (χ1v) is 6.06. The van der Waals surface area contributed by atoms with Gasteiger partial charge in [-0.3, -0.25) is 14.9 Å². The third-order valence-corrected chi connectivity index (χ3v) is 3.18. The van der Waals surface area contributed by atoms with Gasteiger partial charge in [0.05, 0.1) is 17.9 Å². The van der Waals surface area contributed by atoms with Crippen LogP contribution in [0.15, 0.2) is 18.2 Å². The Morgan fingerprint density at radius 2 is 2.22 bits per heavy atom. The smallest absolute Gasteiger partial charge is 0.249 e. The quantitative estimate of drug-likeness (QED) is 0.623. The van der Waals surface area contributed by atoms with Gasteiger partial charge in [0.25, 0.3) is 0 Å². The molecule has 0 aromatic heterocycles. The topological polar surface area (TPSA) is 75.4 Å². The highest BCUT2D eigenvalue weighted by Gasteiger charge is 2.33. The van der Waals surface area contributed by atoms with E-state index >= 15 is 0 Å². The third kappa shape index (κ3) is 2.26. The Bertz CT molecular complexity index is 504. The van der Waals surface area contributed by atoms with Crippen molar-refractivity contribution in [1.82, 2.24) is 5.32 Å². The van der Waals surface area contributed by atoms with Crippen molar-refractivity contribution >= 4 is 34.8 Å². The number of amides is 2. The first-order valence-electron chi connectivity index (χ1n) is 5.68. The van der Waals surface area contributed by atoms with E-state index < -0.39 is 6.04 Å². The number of imide groups is 1. The molecule has 2 rings (SSSR count). The summed E-state index contributed by atoms with van der Waals surface area (Å²) >= 11 is 5.93. The number of hydrogen-bond acceptors (Lipinski definition) is 4. The number of carbonyl (C=O) groups excluding carboxylic acids is 2. The predicted molar refractivity (Wildman–Crippen MR) is 70.4 cm³/mol. The number of benzene rings is 1. The number of halogens is 1. The van der Waals surface area contributed by atoms with Crippen molar-refractivity contribution in [1.29, 1.82) is 0 Å². The molecule has 1 aliphatic heterocycles. The molecule has 1 heterocycles. The average Bonchev–Trinajstić information content (AvgIpc) is 2.31. The zero-order valence-corrected chi connectivity index (χ0v) is 10.7. The van der Waals surface area contributed by atoms with Crippen molar-refractivity contribution in [2.75, 3.05) is 17.2 Å². The Kier molecular flexibility index (Phi) is 3.43. The Morgan fingerprint density at radius 3 is 2.89 bits per heavy atom. The molecule has 2 amide bonds. The van der Waals surface area contributed by atoms with Gasteiger partial charge in [0.2, 0.25) is 11.8 Å². The molecule has 5 nitrogen and oxygen atoms in total. The minimum Gasteiger partial charge on any atom is -0.397 e. The average molecular weight is 268 g/mol. The van der Waals surface area contributed by atoms with Crippen LogP contribution in [-0.2, 0) is 9.59 Å². The van der Waals surface area contributed by atoms with E-state index in [1.807, 2.05) is 6.92 Å². The van der Waals surface area contributed by atoms with Crippen LogP contribution in [-0.4, -0.2) is 24.4 Å². The Morgan fingerprint density at radius 1 is 1.50 bits per heavy atom. The predicted octanol–water partition coefficient (Wildman–Crippen LogP) is 1.16. The fourth-order valence-corrected chi connectivity index (χ4v) is 2.26. The van der Waals surface area contributed by atoms with Crippen LogP contribution in [0.3, 0.4) is 0 Å². The van der Waals surface area contributed by atoms with Gasteiger partial charge in [0, 0.05) is 5.02 Å². The van der Waals surface area contributed by atoms with Gasteiger partial charge in [-0.05, 0) is 24.6 Å². The van der Waals surface area contributed by atoms with Gasteiger partial charge in [-0.1, -0.05) is 18.5 Å². The lowest BCUT2D eigenvalue weighted by Gasteiger charge is -2.35. The van der Waals surface area contributed by atoms with Crippen molar-refractivity contribution in [2.45, 2.75) is 19.4 Å². The fraction of sp³-hybridized carbons (Fsp3) is 0.333. The number of carbonyl (C=O) groups is 2. The molecule has 0 aliphatic carbocycles. The molecule has 1 aromatic carbocycles. The number of hydrogen-bond donors (Lipinski definition) is 2. The van der Waals surface area contributed by atoms with Gasteiger partial charge in [-0.25, -0.2) is 0 Å². The lowest BCUT2D eigenvalue weighted by Crippen LogP contribution is -2.58. The molecule has 96 valence electrons. The van der Waals surface area contributed by atoms with Crippen LogP contribution in [0.2, 0.25) is 5.02 Å². The second kappa shape index (κ2) is 4.86. The molecule has 0 bridgehead atoms. The summed E-state index contributed by atoms with van der Waals surface area (Å²) in [5, 5.41) is 2.84. The number of anilines is 2. The van der Waals surface area contributed by atoms with Gasteiger partial charge in [0.15, 0.2) is 0 Å². The van der Waals surface area contributed by atoms with E-state index in [1.54, 1.807) is 23.1 Å². The number of nitrogen functional groups attached to an aromatic ring is 1. The SMILES string of the molecule is CCC1C(=O)NC(=O)CN1c1cc(Cl)ccc1N. The summed E-state index contributed by atoms with van der Waals surface area (Å²) in [5.74, 6) is -0.628. The lowest BCUT2D eigenvalue weighted by molar-refractivity contribution is -0.132. The normalized spacial score (nSPS) is 19.9. The Labute approximate surface area is 110 Å². The first-order chi connectivity index (χ1) is 8.52. The van der Waals surface area contributed by atoms with Crippen LogP contribution in [0.25, 0.3) is 0 Å². The van der Waals surface area contributed by atoms with E-state index in [-0.39, 0.29) is 18.4 Å². The third-order valence-electron chi connectivity index (χ3n) is 2.94. The highest BCUT2D eigenvalue weighted by molar-refractivity contribution is 6.31. The molecule has 0 radical (unpaired) electrons. The van der Waals surface area contributed by atoms with E-state index in [9.17, 15) is 9.59 Å². The summed E-state index contributed by atoms with van der Waals surface area (Å²) in [6, 6.07) is 4.61. The van der Waals surface area contributed by atoms with Gasteiger partial charge >= 0.3 is 0 Å². The standard InChI is InChI=1S/C12H14ClN3O2/c1-2-9-12(18)15-11(17)6-16(9)10-5-7(13)3-4-8(10)14/h3-5,9H,2,6,14H2,1H3,(H,15,17,18). The Balaban J connectivity index is 2.42. The van der Waals surface area contributed by atoms with Gasteiger partial charge in [0.1, 0.15) is 6.04 Å².